The quantitative estimate of drug-likeness (QED) is 0.745. The first-order valence-corrected chi connectivity index (χ1v) is 10.4. The van der Waals surface area contributed by atoms with E-state index in [-0.39, 0.29) is 48.2 Å². The number of hydrogen-bond donors (Lipinski definition) is 2. The highest BCUT2D eigenvalue weighted by Crippen LogP contribution is 2.32. The van der Waals surface area contributed by atoms with Gasteiger partial charge in [-0.3, -0.25) is 19.3 Å². The van der Waals surface area contributed by atoms with Crippen molar-refractivity contribution in [3.63, 3.8) is 0 Å². The summed E-state index contributed by atoms with van der Waals surface area (Å²) in [4.78, 5) is 42.2. The van der Waals surface area contributed by atoms with Gasteiger partial charge in [-0.15, -0.1) is 0 Å². The summed E-state index contributed by atoms with van der Waals surface area (Å²) in [7, 11) is 0. The number of nitrogens with one attached hydrogen (secondary N) is 1. The molecule has 2 aliphatic heterocycles. The first-order valence-electron chi connectivity index (χ1n) is 10.4. The van der Waals surface area contributed by atoms with Crippen LogP contribution in [0.4, 0.5) is 8.78 Å². The van der Waals surface area contributed by atoms with Gasteiger partial charge in [-0.05, 0) is 26.8 Å². The van der Waals surface area contributed by atoms with E-state index in [0.717, 1.165) is 6.07 Å². The van der Waals surface area contributed by atoms with Gasteiger partial charge in [-0.25, -0.2) is 8.78 Å². The van der Waals surface area contributed by atoms with Crippen molar-refractivity contribution < 1.29 is 23.5 Å². The lowest BCUT2D eigenvalue weighted by atomic mass is 10.1. The predicted octanol–water partition coefficient (Wildman–Crippen LogP) is 1.66. The van der Waals surface area contributed by atoms with Gasteiger partial charge in [0.2, 0.25) is 5.43 Å². The van der Waals surface area contributed by atoms with Gasteiger partial charge in [0.25, 0.3) is 11.8 Å². The zero-order valence-electron chi connectivity index (χ0n) is 17.9. The molecule has 0 saturated carbocycles. The summed E-state index contributed by atoms with van der Waals surface area (Å²) in [5, 5.41) is 12.9. The summed E-state index contributed by atoms with van der Waals surface area (Å²) in [5.74, 6) is -3.66. The topological polar surface area (TPSA) is 94.9 Å². The minimum atomic E-state index is -0.979. The molecule has 8 nitrogen and oxygen atoms in total. The van der Waals surface area contributed by atoms with Crippen LogP contribution in [0, 0.1) is 11.6 Å². The van der Waals surface area contributed by atoms with Crippen LogP contribution in [-0.2, 0) is 13.1 Å². The van der Waals surface area contributed by atoms with E-state index >= 15 is 0 Å². The second-order valence-corrected chi connectivity index (χ2v) is 8.47. The number of carbonyl (C=O) groups excluding carboxylic acids is 2. The Hall–Kier alpha value is -3.27. The van der Waals surface area contributed by atoms with Crippen molar-refractivity contribution >= 4 is 11.8 Å². The fourth-order valence-corrected chi connectivity index (χ4v) is 4.65. The Morgan fingerprint density at radius 1 is 1.25 bits per heavy atom. The molecule has 2 amide bonds. The molecule has 2 atom stereocenters. The molecule has 1 aromatic carbocycles. The molecule has 1 saturated heterocycles. The highest BCUT2D eigenvalue weighted by Gasteiger charge is 2.46. The molecule has 0 radical (unpaired) electrons. The third-order valence-corrected chi connectivity index (χ3v) is 6.05. The number of nitrogens with zero attached hydrogens (tertiary/aromatic N) is 3. The smallest absolute Gasteiger partial charge is 0.275 e. The maximum Gasteiger partial charge on any atom is 0.275 e. The maximum absolute atomic E-state index is 13.8. The van der Waals surface area contributed by atoms with Gasteiger partial charge < -0.3 is 19.9 Å². The Balaban J connectivity index is 1.64. The predicted molar refractivity (Wildman–Crippen MR) is 111 cm³/mol. The van der Waals surface area contributed by atoms with Gasteiger partial charge in [0, 0.05) is 43.0 Å². The molecule has 170 valence electrons. The van der Waals surface area contributed by atoms with Crippen LogP contribution < -0.4 is 10.7 Å². The van der Waals surface area contributed by atoms with E-state index in [4.69, 9.17) is 0 Å². The van der Waals surface area contributed by atoms with Gasteiger partial charge in [0.1, 0.15) is 23.4 Å². The molecule has 0 spiro atoms. The first-order chi connectivity index (χ1) is 15.1. The van der Waals surface area contributed by atoms with Crippen LogP contribution in [-0.4, -0.2) is 56.1 Å². The summed E-state index contributed by atoms with van der Waals surface area (Å²) in [5.41, 5.74) is -1.45. The molecule has 2 aromatic rings. The van der Waals surface area contributed by atoms with Gasteiger partial charge in [0.05, 0.1) is 6.54 Å². The van der Waals surface area contributed by atoms with Crippen LogP contribution in [0.25, 0.3) is 0 Å². The zero-order chi connectivity index (χ0) is 23.3. The van der Waals surface area contributed by atoms with Gasteiger partial charge in [-0.1, -0.05) is 6.07 Å². The van der Waals surface area contributed by atoms with E-state index in [1.807, 2.05) is 20.8 Å². The average Bonchev–Trinajstić information content (AvgIpc) is 3.06. The van der Waals surface area contributed by atoms with Crippen molar-refractivity contribution in [3.05, 3.63) is 63.1 Å². The van der Waals surface area contributed by atoms with E-state index in [1.54, 1.807) is 4.90 Å². The summed E-state index contributed by atoms with van der Waals surface area (Å²) in [6, 6.07) is 3.21. The lowest BCUT2D eigenvalue weighted by Crippen LogP contribution is -2.52. The summed E-state index contributed by atoms with van der Waals surface area (Å²) in [6.45, 7) is 6.53. The largest absolute Gasteiger partial charge is 0.503 e. The van der Waals surface area contributed by atoms with Crippen molar-refractivity contribution in [1.29, 1.82) is 0 Å². The van der Waals surface area contributed by atoms with Crippen LogP contribution in [0.2, 0.25) is 0 Å². The van der Waals surface area contributed by atoms with E-state index in [1.165, 1.54) is 16.8 Å². The van der Waals surface area contributed by atoms with Crippen LogP contribution in [0.1, 0.15) is 47.2 Å². The van der Waals surface area contributed by atoms with Crippen LogP contribution in [0.5, 0.6) is 5.75 Å². The Morgan fingerprint density at radius 3 is 2.62 bits per heavy atom. The van der Waals surface area contributed by atoms with Crippen molar-refractivity contribution in [2.45, 2.75) is 52.1 Å². The molecule has 10 heteroatoms. The number of aromatic nitrogens is 1. The Kier molecular flexibility index (Phi) is 5.49. The highest BCUT2D eigenvalue weighted by molar-refractivity contribution is 5.99. The number of fused-ring (bicyclic) bond motifs is 2. The zero-order valence-corrected chi connectivity index (χ0v) is 17.9. The molecule has 3 heterocycles. The molecule has 2 aliphatic rings. The van der Waals surface area contributed by atoms with Crippen LogP contribution in [0.15, 0.2) is 29.2 Å². The monoisotopic (exact) mass is 446 g/mol. The van der Waals surface area contributed by atoms with Crippen LogP contribution >= 0.6 is 0 Å². The molecule has 4 rings (SSSR count). The highest BCUT2D eigenvalue weighted by atomic mass is 19.1. The number of rotatable bonds is 4. The fraction of sp³-hybridized carbons (Fsp3) is 0.409. The fourth-order valence-electron chi connectivity index (χ4n) is 4.65. The molecule has 1 fully saturated rings. The minimum absolute atomic E-state index is 0.0420. The summed E-state index contributed by atoms with van der Waals surface area (Å²) < 4.78 is 28.3. The second-order valence-electron chi connectivity index (χ2n) is 8.47. The normalized spacial score (nSPS) is 20.4. The second kappa shape index (κ2) is 8.01. The van der Waals surface area contributed by atoms with Gasteiger partial charge in [0.15, 0.2) is 11.4 Å². The lowest BCUT2D eigenvalue weighted by molar-refractivity contribution is 0.0418. The Morgan fingerprint density at radius 2 is 1.97 bits per heavy atom. The molecule has 2 N–H and O–H groups in total. The van der Waals surface area contributed by atoms with E-state index in [0.29, 0.717) is 12.6 Å². The lowest BCUT2D eigenvalue weighted by Gasteiger charge is -2.38. The SMILES string of the molecule is CC(C)N1C2Cn3cc(C(=O)NCc4ccc(F)cc4F)c(=O)c(O)c3C(=O)N2C[C@@H]1C. The molecule has 32 heavy (non-hydrogen) atoms. The number of pyridine rings is 1. The average molecular weight is 446 g/mol. The van der Waals surface area contributed by atoms with Crippen molar-refractivity contribution in [3.8, 4) is 5.75 Å². The molecular formula is C22H24F2N4O4. The molecule has 0 bridgehead atoms. The number of aromatic hydroxyl groups is 1. The van der Waals surface area contributed by atoms with Crippen LogP contribution in [0.3, 0.4) is 0 Å². The molecule has 0 aliphatic carbocycles. The van der Waals surface area contributed by atoms with Crippen molar-refractivity contribution in [1.82, 2.24) is 19.7 Å². The summed E-state index contributed by atoms with van der Waals surface area (Å²) >= 11 is 0. The van der Waals surface area contributed by atoms with Crippen molar-refractivity contribution in [2.24, 2.45) is 0 Å². The van der Waals surface area contributed by atoms with Crippen molar-refractivity contribution in [2.75, 3.05) is 6.54 Å². The standard InChI is InChI=1S/C22H24F2N4O4/c1-11(2)28-12(3)8-27-17(28)10-26-9-15(19(29)20(30)18(26)22(27)32)21(31)25-7-13-4-5-14(23)6-16(13)24/h4-6,9,11-12,17,30H,7-8,10H2,1-3H3,(H,25,31)/t12-,17?/m0/s1. The maximum atomic E-state index is 13.8. The number of amides is 2. The number of carbonyl (C=O) groups is 2. The summed E-state index contributed by atoms with van der Waals surface area (Å²) in [6.07, 6.45) is 0.987. The Bertz CT molecular complexity index is 1160. The molecule has 1 unspecified atom stereocenters. The van der Waals surface area contributed by atoms with Gasteiger partial charge >= 0.3 is 0 Å². The molecular weight excluding hydrogens is 422 g/mol. The number of benzene rings is 1. The minimum Gasteiger partial charge on any atom is -0.503 e. The third kappa shape index (κ3) is 3.54. The Labute approximate surface area is 183 Å². The first kappa shape index (κ1) is 21.9. The van der Waals surface area contributed by atoms with E-state index < -0.39 is 34.6 Å². The molecule has 1 aromatic heterocycles. The van der Waals surface area contributed by atoms with E-state index in [2.05, 4.69) is 10.2 Å². The number of hydrogen-bond acceptors (Lipinski definition) is 5. The van der Waals surface area contributed by atoms with E-state index in [9.17, 15) is 28.3 Å². The van der Waals surface area contributed by atoms with Gasteiger partial charge in [-0.2, -0.15) is 0 Å². The third-order valence-electron chi connectivity index (χ3n) is 6.05. The number of halogens is 2.